The van der Waals surface area contributed by atoms with Crippen LogP contribution in [0, 0.1) is 5.92 Å². The summed E-state index contributed by atoms with van der Waals surface area (Å²) in [4.78, 5) is 0. The normalized spacial score (nSPS) is 31.1. The molecule has 15 heavy (non-hydrogen) atoms. The summed E-state index contributed by atoms with van der Waals surface area (Å²) in [7, 11) is 3.31. The molecule has 0 aromatic carbocycles. The number of hydrogen-bond donors (Lipinski definition) is 0. The van der Waals surface area contributed by atoms with Gasteiger partial charge in [-0.25, -0.2) is 0 Å². The SMILES string of the molecule is COC1CC(C=CC=C(C)C)C(OC)O1. The van der Waals surface area contributed by atoms with E-state index < -0.39 is 0 Å². The second kappa shape index (κ2) is 6.05. The lowest BCUT2D eigenvalue weighted by atomic mass is 10.1. The number of methoxy groups -OCH3 is 2. The highest BCUT2D eigenvalue weighted by atomic mass is 16.8. The zero-order valence-corrected chi connectivity index (χ0v) is 9.90. The lowest BCUT2D eigenvalue weighted by molar-refractivity contribution is -0.190. The molecule has 0 amide bonds. The maximum Gasteiger partial charge on any atom is 0.166 e. The monoisotopic (exact) mass is 212 g/mol. The van der Waals surface area contributed by atoms with Crippen molar-refractivity contribution in [1.82, 2.24) is 0 Å². The molecule has 0 aromatic heterocycles. The Kier molecular flexibility index (Phi) is 5.02. The van der Waals surface area contributed by atoms with Crippen LogP contribution in [0.5, 0.6) is 0 Å². The van der Waals surface area contributed by atoms with Crippen molar-refractivity contribution in [2.24, 2.45) is 5.92 Å². The highest BCUT2D eigenvalue weighted by molar-refractivity contribution is 5.10. The van der Waals surface area contributed by atoms with E-state index in [0.29, 0.717) is 0 Å². The van der Waals surface area contributed by atoms with E-state index in [4.69, 9.17) is 14.2 Å². The number of hydrogen-bond acceptors (Lipinski definition) is 3. The van der Waals surface area contributed by atoms with Gasteiger partial charge in [0.2, 0.25) is 0 Å². The van der Waals surface area contributed by atoms with E-state index in [2.05, 4.69) is 26.0 Å². The molecule has 1 saturated heterocycles. The quantitative estimate of drug-likeness (QED) is 0.670. The van der Waals surface area contributed by atoms with Crippen molar-refractivity contribution in [2.75, 3.05) is 14.2 Å². The van der Waals surface area contributed by atoms with Gasteiger partial charge >= 0.3 is 0 Å². The molecule has 3 heteroatoms. The van der Waals surface area contributed by atoms with E-state index in [0.717, 1.165) is 6.42 Å². The van der Waals surface area contributed by atoms with Gasteiger partial charge in [0.1, 0.15) is 0 Å². The summed E-state index contributed by atoms with van der Waals surface area (Å²) in [6, 6.07) is 0. The molecular formula is C12H20O3. The third kappa shape index (κ3) is 3.78. The molecule has 0 radical (unpaired) electrons. The summed E-state index contributed by atoms with van der Waals surface area (Å²) in [5.74, 6) is 0.274. The fourth-order valence-electron chi connectivity index (χ4n) is 1.58. The average Bonchev–Trinajstić information content (AvgIpc) is 2.60. The van der Waals surface area contributed by atoms with Gasteiger partial charge in [0, 0.05) is 26.6 Å². The van der Waals surface area contributed by atoms with E-state index in [1.54, 1.807) is 14.2 Å². The molecule has 1 aliphatic rings. The summed E-state index contributed by atoms with van der Waals surface area (Å²) in [5.41, 5.74) is 1.28. The first kappa shape index (κ1) is 12.4. The van der Waals surface area contributed by atoms with Crippen LogP contribution in [-0.2, 0) is 14.2 Å². The van der Waals surface area contributed by atoms with Crippen LogP contribution in [0.1, 0.15) is 20.3 Å². The summed E-state index contributed by atoms with van der Waals surface area (Å²) in [6.45, 7) is 4.14. The predicted octanol–water partition coefficient (Wildman–Crippen LogP) is 2.49. The van der Waals surface area contributed by atoms with Gasteiger partial charge in [0.25, 0.3) is 0 Å². The largest absolute Gasteiger partial charge is 0.356 e. The van der Waals surface area contributed by atoms with Crippen molar-refractivity contribution < 1.29 is 14.2 Å². The molecule has 86 valence electrons. The number of allylic oxidation sites excluding steroid dienone is 3. The highest BCUT2D eigenvalue weighted by Crippen LogP contribution is 2.28. The molecule has 0 bridgehead atoms. The Bertz CT molecular complexity index is 241. The average molecular weight is 212 g/mol. The molecule has 1 heterocycles. The smallest absolute Gasteiger partial charge is 0.166 e. The van der Waals surface area contributed by atoms with Crippen molar-refractivity contribution in [1.29, 1.82) is 0 Å². The highest BCUT2D eigenvalue weighted by Gasteiger charge is 2.33. The standard InChI is InChI=1S/C12H20O3/c1-9(2)6-5-7-10-8-11(13-3)15-12(10)14-4/h5-7,10-12H,8H2,1-4H3. The van der Waals surface area contributed by atoms with Crippen LogP contribution in [-0.4, -0.2) is 26.8 Å². The van der Waals surface area contributed by atoms with E-state index in [-0.39, 0.29) is 18.5 Å². The molecule has 0 aliphatic carbocycles. The van der Waals surface area contributed by atoms with Crippen molar-refractivity contribution in [3.05, 3.63) is 23.8 Å². The van der Waals surface area contributed by atoms with Gasteiger partial charge in [-0.2, -0.15) is 0 Å². The Morgan fingerprint density at radius 1 is 1.27 bits per heavy atom. The van der Waals surface area contributed by atoms with Crippen LogP contribution in [0.25, 0.3) is 0 Å². The minimum atomic E-state index is -0.184. The van der Waals surface area contributed by atoms with Crippen molar-refractivity contribution in [3.8, 4) is 0 Å². The fraction of sp³-hybridized carbons (Fsp3) is 0.667. The Hall–Kier alpha value is -0.640. The van der Waals surface area contributed by atoms with E-state index >= 15 is 0 Å². The number of ether oxygens (including phenoxy) is 3. The summed E-state index contributed by atoms with van der Waals surface area (Å²) in [6.07, 6.45) is 6.76. The third-order valence-electron chi connectivity index (χ3n) is 2.38. The Labute approximate surface area is 91.7 Å². The molecule has 1 aliphatic heterocycles. The van der Waals surface area contributed by atoms with Gasteiger partial charge in [0.05, 0.1) is 0 Å². The Balaban J connectivity index is 2.53. The Morgan fingerprint density at radius 3 is 2.53 bits per heavy atom. The molecule has 1 rings (SSSR count). The van der Waals surface area contributed by atoms with Gasteiger partial charge in [0.15, 0.2) is 12.6 Å². The molecule has 3 nitrogen and oxygen atoms in total. The first-order valence-electron chi connectivity index (χ1n) is 5.20. The first-order valence-corrected chi connectivity index (χ1v) is 5.20. The molecule has 0 spiro atoms. The van der Waals surface area contributed by atoms with Crippen molar-refractivity contribution >= 4 is 0 Å². The molecule has 3 unspecified atom stereocenters. The zero-order chi connectivity index (χ0) is 11.3. The minimum absolute atomic E-state index is 0.142. The van der Waals surface area contributed by atoms with Crippen LogP contribution in [0.2, 0.25) is 0 Å². The Morgan fingerprint density at radius 2 is 2.00 bits per heavy atom. The van der Waals surface area contributed by atoms with Crippen molar-refractivity contribution in [3.63, 3.8) is 0 Å². The predicted molar refractivity (Wildman–Crippen MR) is 59.4 cm³/mol. The molecule has 0 saturated carbocycles. The second-order valence-electron chi connectivity index (χ2n) is 3.93. The van der Waals surface area contributed by atoms with Crippen LogP contribution >= 0.6 is 0 Å². The van der Waals surface area contributed by atoms with E-state index in [9.17, 15) is 0 Å². The van der Waals surface area contributed by atoms with Gasteiger partial charge in [-0.1, -0.05) is 23.8 Å². The van der Waals surface area contributed by atoms with Gasteiger partial charge < -0.3 is 14.2 Å². The third-order valence-corrected chi connectivity index (χ3v) is 2.38. The maximum atomic E-state index is 5.51. The van der Waals surface area contributed by atoms with Gasteiger partial charge in [-0.15, -0.1) is 0 Å². The molecule has 0 aromatic rings. The molecule has 0 N–H and O–H groups in total. The summed E-state index contributed by atoms with van der Waals surface area (Å²) < 4.78 is 15.9. The topological polar surface area (TPSA) is 27.7 Å². The number of rotatable bonds is 4. The zero-order valence-electron chi connectivity index (χ0n) is 9.90. The van der Waals surface area contributed by atoms with Crippen LogP contribution in [0.3, 0.4) is 0 Å². The first-order chi connectivity index (χ1) is 7.17. The van der Waals surface area contributed by atoms with E-state index in [1.165, 1.54) is 5.57 Å². The second-order valence-corrected chi connectivity index (χ2v) is 3.93. The lowest BCUT2D eigenvalue weighted by Crippen LogP contribution is -2.17. The summed E-state index contributed by atoms with van der Waals surface area (Å²) in [5, 5.41) is 0. The van der Waals surface area contributed by atoms with Crippen molar-refractivity contribution in [2.45, 2.75) is 32.8 Å². The van der Waals surface area contributed by atoms with Gasteiger partial charge in [-0.05, 0) is 13.8 Å². The maximum absolute atomic E-state index is 5.51. The fourth-order valence-corrected chi connectivity index (χ4v) is 1.58. The molecule has 3 atom stereocenters. The van der Waals surface area contributed by atoms with E-state index in [1.807, 2.05) is 6.08 Å². The lowest BCUT2D eigenvalue weighted by Gasteiger charge is -2.12. The summed E-state index contributed by atoms with van der Waals surface area (Å²) >= 11 is 0. The minimum Gasteiger partial charge on any atom is -0.356 e. The van der Waals surface area contributed by atoms with Crippen LogP contribution in [0.15, 0.2) is 23.8 Å². The van der Waals surface area contributed by atoms with Gasteiger partial charge in [-0.3, -0.25) is 0 Å². The molecule has 1 fully saturated rings. The van der Waals surface area contributed by atoms with Crippen LogP contribution < -0.4 is 0 Å². The van der Waals surface area contributed by atoms with Crippen LogP contribution in [0.4, 0.5) is 0 Å². The molecular weight excluding hydrogens is 192 g/mol.